The molecular weight excluding hydrogens is 200 g/mol. The summed E-state index contributed by atoms with van der Waals surface area (Å²) in [5, 5.41) is 0. The normalized spacial score (nSPS) is 18.3. The van der Waals surface area contributed by atoms with Crippen LogP contribution < -0.4 is 5.73 Å². The van der Waals surface area contributed by atoms with Gasteiger partial charge in [-0.15, -0.1) is 0 Å². The number of hydrogen-bond donors (Lipinski definition) is 1. The highest BCUT2D eigenvalue weighted by atomic mass is 16.2. The number of carbonyl (C=O) groups excluding carboxylic acids is 1. The van der Waals surface area contributed by atoms with Crippen LogP contribution in [0.25, 0.3) is 0 Å². The van der Waals surface area contributed by atoms with Gasteiger partial charge in [0.2, 0.25) is 5.91 Å². The van der Waals surface area contributed by atoms with Gasteiger partial charge in [-0.2, -0.15) is 0 Å². The first-order valence-electron chi connectivity index (χ1n) is 6.27. The summed E-state index contributed by atoms with van der Waals surface area (Å²) in [6.07, 6.45) is 3.95. The summed E-state index contributed by atoms with van der Waals surface area (Å²) in [5.74, 6) is 0.955. The molecule has 1 saturated carbocycles. The lowest BCUT2D eigenvalue weighted by atomic mass is 9.87. The Kier molecular flexibility index (Phi) is 4.36. The Bertz CT molecular complexity index is 241. The molecular formula is C13H26N2O. The number of nitrogens with zero attached hydrogens (tertiary/aromatic N) is 1. The molecule has 0 saturated heterocycles. The topological polar surface area (TPSA) is 46.3 Å². The van der Waals surface area contributed by atoms with Gasteiger partial charge in [-0.3, -0.25) is 4.79 Å². The lowest BCUT2D eigenvalue weighted by Crippen LogP contribution is -2.36. The molecule has 0 heterocycles. The largest absolute Gasteiger partial charge is 0.345 e. The summed E-state index contributed by atoms with van der Waals surface area (Å²) in [4.78, 5) is 13.7. The van der Waals surface area contributed by atoms with Crippen molar-refractivity contribution in [2.45, 2.75) is 52.5 Å². The molecule has 1 aliphatic carbocycles. The number of hydrogen-bond acceptors (Lipinski definition) is 2. The number of amides is 1. The average Bonchev–Trinajstić information content (AvgIpc) is 2.83. The molecule has 1 fully saturated rings. The van der Waals surface area contributed by atoms with Crippen molar-refractivity contribution < 1.29 is 4.79 Å². The second kappa shape index (κ2) is 5.17. The number of rotatable bonds is 5. The Labute approximate surface area is 99.4 Å². The summed E-state index contributed by atoms with van der Waals surface area (Å²) in [6, 6.07) is -0.00541. The molecule has 1 rings (SSSR count). The van der Waals surface area contributed by atoms with Crippen molar-refractivity contribution in [3.63, 3.8) is 0 Å². The molecule has 0 bridgehead atoms. The maximum absolute atomic E-state index is 11.8. The van der Waals surface area contributed by atoms with Crippen LogP contribution in [0.3, 0.4) is 0 Å². The van der Waals surface area contributed by atoms with E-state index in [0.29, 0.717) is 6.42 Å². The van der Waals surface area contributed by atoms with Crippen molar-refractivity contribution in [3.05, 3.63) is 0 Å². The predicted molar refractivity (Wildman–Crippen MR) is 67.0 cm³/mol. The van der Waals surface area contributed by atoms with Gasteiger partial charge in [0.1, 0.15) is 0 Å². The van der Waals surface area contributed by atoms with Gasteiger partial charge in [0.05, 0.1) is 0 Å². The van der Waals surface area contributed by atoms with Gasteiger partial charge in [-0.05, 0) is 30.6 Å². The van der Waals surface area contributed by atoms with Crippen molar-refractivity contribution in [1.82, 2.24) is 4.90 Å². The third-order valence-electron chi connectivity index (χ3n) is 2.97. The third-order valence-corrected chi connectivity index (χ3v) is 2.97. The maximum Gasteiger partial charge on any atom is 0.223 e. The highest BCUT2D eigenvalue weighted by Gasteiger charge is 2.26. The van der Waals surface area contributed by atoms with Gasteiger partial charge in [-0.1, -0.05) is 20.8 Å². The van der Waals surface area contributed by atoms with Crippen LogP contribution in [-0.4, -0.2) is 30.4 Å². The van der Waals surface area contributed by atoms with Crippen molar-refractivity contribution in [1.29, 1.82) is 0 Å². The van der Waals surface area contributed by atoms with E-state index in [2.05, 4.69) is 20.8 Å². The third kappa shape index (κ3) is 5.50. The van der Waals surface area contributed by atoms with Gasteiger partial charge in [0, 0.05) is 26.1 Å². The van der Waals surface area contributed by atoms with E-state index >= 15 is 0 Å². The zero-order valence-corrected chi connectivity index (χ0v) is 11.1. The highest BCUT2D eigenvalue weighted by Crippen LogP contribution is 2.29. The summed E-state index contributed by atoms with van der Waals surface area (Å²) in [5.41, 5.74) is 6.20. The lowest BCUT2D eigenvalue weighted by molar-refractivity contribution is -0.130. The van der Waals surface area contributed by atoms with E-state index in [0.717, 1.165) is 18.9 Å². The average molecular weight is 226 g/mol. The fraction of sp³-hybridized carbons (Fsp3) is 0.923. The molecule has 0 spiro atoms. The van der Waals surface area contributed by atoms with Crippen LogP contribution in [0.1, 0.15) is 46.5 Å². The van der Waals surface area contributed by atoms with E-state index in [1.54, 1.807) is 0 Å². The second-order valence-corrected chi connectivity index (χ2v) is 6.45. The lowest BCUT2D eigenvalue weighted by Gasteiger charge is -2.24. The molecule has 94 valence electrons. The van der Waals surface area contributed by atoms with E-state index < -0.39 is 0 Å². The van der Waals surface area contributed by atoms with Crippen LogP contribution >= 0.6 is 0 Å². The molecule has 2 N–H and O–H groups in total. The molecule has 3 heteroatoms. The molecule has 0 aromatic carbocycles. The minimum Gasteiger partial charge on any atom is -0.345 e. The zero-order chi connectivity index (χ0) is 12.3. The Morgan fingerprint density at radius 2 is 2.00 bits per heavy atom. The fourth-order valence-electron chi connectivity index (χ4n) is 2.03. The Balaban J connectivity index is 2.26. The maximum atomic E-state index is 11.8. The standard InChI is InChI=1S/C13H26N2O/c1-13(2,3)8-11(14)7-12(16)15(4)9-10-5-6-10/h10-11H,5-9,14H2,1-4H3. The van der Waals surface area contributed by atoms with Gasteiger partial charge >= 0.3 is 0 Å². The summed E-state index contributed by atoms with van der Waals surface area (Å²) in [7, 11) is 1.89. The molecule has 16 heavy (non-hydrogen) atoms. The summed E-state index contributed by atoms with van der Waals surface area (Å²) < 4.78 is 0. The van der Waals surface area contributed by atoms with Crippen LogP contribution in [0.15, 0.2) is 0 Å². The monoisotopic (exact) mass is 226 g/mol. The first-order chi connectivity index (χ1) is 7.28. The van der Waals surface area contributed by atoms with Crippen molar-refractivity contribution in [2.24, 2.45) is 17.1 Å². The number of carbonyl (C=O) groups is 1. The van der Waals surface area contributed by atoms with E-state index in [1.165, 1.54) is 12.8 Å². The Morgan fingerprint density at radius 3 is 2.44 bits per heavy atom. The SMILES string of the molecule is CN(CC1CC1)C(=O)CC(N)CC(C)(C)C. The second-order valence-electron chi connectivity index (χ2n) is 6.45. The molecule has 0 aromatic heterocycles. The Morgan fingerprint density at radius 1 is 1.44 bits per heavy atom. The molecule has 1 amide bonds. The van der Waals surface area contributed by atoms with E-state index in [-0.39, 0.29) is 17.4 Å². The highest BCUT2D eigenvalue weighted by molar-refractivity contribution is 5.76. The summed E-state index contributed by atoms with van der Waals surface area (Å²) >= 11 is 0. The van der Waals surface area contributed by atoms with Gasteiger partial charge in [-0.25, -0.2) is 0 Å². The minimum absolute atomic E-state index is 0.00541. The van der Waals surface area contributed by atoms with Crippen LogP contribution in [-0.2, 0) is 4.79 Å². The molecule has 0 radical (unpaired) electrons. The smallest absolute Gasteiger partial charge is 0.223 e. The molecule has 1 unspecified atom stereocenters. The predicted octanol–water partition coefficient (Wildman–Crippen LogP) is 2.01. The van der Waals surface area contributed by atoms with Crippen molar-refractivity contribution >= 4 is 5.91 Å². The molecule has 1 aliphatic rings. The Hall–Kier alpha value is -0.570. The van der Waals surface area contributed by atoms with E-state index in [4.69, 9.17) is 5.73 Å². The summed E-state index contributed by atoms with van der Waals surface area (Å²) in [6.45, 7) is 7.39. The van der Waals surface area contributed by atoms with Crippen LogP contribution in [0, 0.1) is 11.3 Å². The number of nitrogens with two attached hydrogens (primary N) is 1. The van der Waals surface area contributed by atoms with E-state index in [1.807, 2.05) is 11.9 Å². The van der Waals surface area contributed by atoms with Crippen LogP contribution in [0.5, 0.6) is 0 Å². The molecule has 3 nitrogen and oxygen atoms in total. The van der Waals surface area contributed by atoms with Gasteiger partial charge < -0.3 is 10.6 Å². The quantitative estimate of drug-likeness (QED) is 0.779. The van der Waals surface area contributed by atoms with Crippen LogP contribution in [0.4, 0.5) is 0 Å². The molecule has 1 atom stereocenters. The zero-order valence-electron chi connectivity index (χ0n) is 11.1. The van der Waals surface area contributed by atoms with Gasteiger partial charge in [0.25, 0.3) is 0 Å². The first-order valence-corrected chi connectivity index (χ1v) is 6.27. The molecule has 0 aliphatic heterocycles. The first kappa shape index (κ1) is 13.5. The van der Waals surface area contributed by atoms with Crippen molar-refractivity contribution in [3.8, 4) is 0 Å². The minimum atomic E-state index is -0.00541. The molecule has 0 aromatic rings. The fourth-order valence-corrected chi connectivity index (χ4v) is 2.03. The van der Waals surface area contributed by atoms with Gasteiger partial charge in [0.15, 0.2) is 0 Å². The van der Waals surface area contributed by atoms with Crippen molar-refractivity contribution in [2.75, 3.05) is 13.6 Å². The van der Waals surface area contributed by atoms with Crippen LogP contribution in [0.2, 0.25) is 0 Å². The van der Waals surface area contributed by atoms with E-state index in [9.17, 15) is 4.79 Å².